The second-order valence-corrected chi connectivity index (χ2v) is 3.30. The van der Waals surface area contributed by atoms with Crippen molar-refractivity contribution in [1.29, 1.82) is 0 Å². The zero-order valence-electron chi connectivity index (χ0n) is 6.79. The number of alkyl halides is 1. The van der Waals surface area contributed by atoms with E-state index in [-0.39, 0.29) is 0 Å². The fraction of sp³-hybridized carbons (Fsp3) is 0.571. The van der Waals surface area contributed by atoms with Gasteiger partial charge >= 0.3 is 0 Å². The molecule has 1 aromatic rings. The summed E-state index contributed by atoms with van der Waals surface area (Å²) in [5.41, 5.74) is 5.22. The van der Waals surface area contributed by atoms with E-state index in [2.05, 4.69) is 4.98 Å². The third kappa shape index (κ3) is 2.15. The van der Waals surface area contributed by atoms with Gasteiger partial charge in [-0.15, -0.1) is 0 Å². The second kappa shape index (κ2) is 4.37. The molecule has 0 aromatic carbocycles. The largest absolute Gasteiger partial charge is 0.473 e. The number of hydrogen-bond donors (Lipinski definition) is 1. The maximum absolute atomic E-state index is 13.1. The van der Waals surface area contributed by atoms with Crippen molar-refractivity contribution in [2.75, 3.05) is 13.7 Å². The first-order valence-electron chi connectivity index (χ1n) is 3.61. The standard InChI is InChI=1S/C7H11FN2OS/c1-11-7-10-4-6(12-7)5(8)2-3-9/h4-5H,2-3,9H2,1H3. The molecule has 0 aliphatic rings. The Morgan fingerprint density at radius 1 is 1.83 bits per heavy atom. The zero-order valence-corrected chi connectivity index (χ0v) is 7.60. The fourth-order valence-electron chi connectivity index (χ4n) is 0.798. The summed E-state index contributed by atoms with van der Waals surface area (Å²) in [6.07, 6.45) is 0.825. The van der Waals surface area contributed by atoms with Gasteiger partial charge < -0.3 is 10.5 Å². The predicted octanol–water partition coefficient (Wildman–Crippen LogP) is 1.51. The van der Waals surface area contributed by atoms with Crippen LogP contribution in [0.4, 0.5) is 4.39 Å². The molecule has 1 atom stereocenters. The summed E-state index contributed by atoms with van der Waals surface area (Å²) in [7, 11) is 1.51. The summed E-state index contributed by atoms with van der Waals surface area (Å²) in [5, 5.41) is 0.490. The second-order valence-electron chi connectivity index (χ2n) is 2.28. The van der Waals surface area contributed by atoms with Crippen molar-refractivity contribution in [3.63, 3.8) is 0 Å². The van der Waals surface area contributed by atoms with E-state index in [4.69, 9.17) is 10.5 Å². The lowest BCUT2D eigenvalue weighted by atomic mass is 10.2. The van der Waals surface area contributed by atoms with Gasteiger partial charge in [-0.1, -0.05) is 11.3 Å². The molecule has 0 aliphatic heterocycles. The van der Waals surface area contributed by atoms with Crippen molar-refractivity contribution in [2.24, 2.45) is 5.73 Å². The molecule has 2 N–H and O–H groups in total. The SMILES string of the molecule is COc1ncc(C(F)CCN)s1. The molecule has 1 aromatic heterocycles. The number of thiazole rings is 1. The van der Waals surface area contributed by atoms with Gasteiger partial charge in [-0.3, -0.25) is 0 Å². The molecule has 1 heterocycles. The number of rotatable bonds is 4. The molecule has 0 saturated carbocycles. The van der Waals surface area contributed by atoms with Crippen molar-refractivity contribution < 1.29 is 9.13 Å². The molecule has 12 heavy (non-hydrogen) atoms. The number of halogens is 1. The Balaban J connectivity index is 2.61. The van der Waals surface area contributed by atoms with Crippen LogP contribution in [0, 0.1) is 0 Å². The van der Waals surface area contributed by atoms with Crippen LogP contribution in [0.15, 0.2) is 6.20 Å². The van der Waals surface area contributed by atoms with Crippen LogP contribution in [-0.4, -0.2) is 18.6 Å². The van der Waals surface area contributed by atoms with E-state index in [1.165, 1.54) is 24.6 Å². The van der Waals surface area contributed by atoms with Gasteiger partial charge in [0.05, 0.1) is 12.0 Å². The highest BCUT2D eigenvalue weighted by atomic mass is 32.1. The zero-order chi connectivity index (χ0) is 8.97. The van der Waals surface area contributed by atoms with Crippen molar-refractivity contribution in [3.8, 4) is 5.19 Å². The highest BCUT2D eigenvalue weighted by Crippen LogP contribution is 2.29. The lowest BCUT2D eigenvalue weighted by Crippen LogP contribution is -2.02. The van der Waals surface area contributed by atoms with Gasteiger partial charge in [-0.05, 0) is 13.0 Å². The number of methoxy groups -OCH3 is 1. The number of nitrogens with two attached hydrogens (primary N) is 1. The molecular formula is C7H11FN2OS. The monoisotopic (exact) mass is 190 g/mol. The van der Waals surface area contributed by atoms with Crippen LogP contribution in [0.25, 0.3) is 0 Å². The molecule has 68 valence electrons. The fourth-order valence-corrected chi connectivity index (χ4v) is 1.54. The summed E-state index contributed by atoms with van der Waals surface area (Å²) in [5.74, 6) is 0. The average molecular weight is 190 g/mol. The lowest BCUT2D eigenvalue weighted by molar-refractivity contribution is 0.333. The molecule has 0 bridgehead atoms. The number of hydrogen-bond acceptors (Lipinski definition) is 4. The molecule has 5 heteroatoms. The van der Waals surface area contributed by atoms with Gasteiger partial charge in [0.25, 0.3) is 5.19 Å². The quantitative estimate of drug-likeness (QED) is 0.782. The first-order valence-corrected chi connectivity index (χ1v) is 4.43. The van der Waals surface area contributed by atoms with Crippen LogP contribution in [0.2, 0.25) is 0 Å². The van der Waals surface area contributed by atoms with Crippen molar-refractivity contribution in [2.45, 2.75) is 12.6 Å². The van der Waals surface area contributed by atoms with Gasteiger partial charge in [0.1, 0.15) is 6.17 Å². The summed E-state index contributed by atoms with van der Waals surface area (Å²) in [6.45, 7) is 0.349. The normalized spacial score (nSPS) is 12.9. The molecule has 0 saturated heterocycles. The van der Waals surface area contributed by atoms with E-state index in [1.54, 1.807) is 0 Å². The summed E-state index contributed by atoms with van der Waals surface area (Å²) in [6, 6.07) is 0. The van der Waals surface area contributed by atoms with Crippen LogP contribution < -0.4 is 10.5 Å². The van der Waals surface area contributed by atoms with Gasteiger partial charge in [0, 0.05) is 6.20 Å². The number of nitrogens with zero attached hydrogens (tertiary/aromatic N) is 1. The van der Waals surface area contributed by atoms with Crippen molar-refractivity contribution >= 4 is 11.3 Å². The Kier molecular flexibility index (Phi) is 3.43. The molecule has 0 spiro atoms. The average Bonchev–Trinajstić information content (AvgIpc) is 2.52. The molecule has 0 amide bonds. The Labute approximate surface area is 74.4 Å². The summed E-state index contributed by atoms with van der Waals surface area (Å²) < 4.78 is 18.0. The van der Waals surface area contributed by atoms with Crippen LogP contribution in [0.1, 0.15) is 17.5 Å². The van der Waals surface area contributed by atoms with Gasteiger partial charge in [-0.2, -0.15) is 0 Å². The summed E-state index contributed by atoms with van der Waals surface area (Å²) >= 11 is 1.22. The van der Waals surface area contributed by atoms with Gasteiger partial charge in [0.2, 0.25) is 0 Å². The van der Waals surface area contributed by atoms with E-state index >= 15 is 0 Å². The van der Waals surface area contributed by atoms with E-state index in [0.29, 0.717) is 23.0 Å². The Morgan fingerprint density at radius 2 is 2.58 bits per heavy atom. The van der Waals surface area contributed by atoms with Crippen LogP contribution in [0.5, 0.6) is 5.19 Å². The topological polar surface area (TPSA) is 48.1 Å². The molecular weight excluding hydrogens is 179 g/mol. The van der Waals surface area contributed by atoms with E-state index in [0.717, 1.165) is 0 Å². The Morgan fingerprint density at radius 3 is 3.08 bits per heavy atom. The first kappa shape index (κ1) is 9.41. The number of ether oxygens (including phenoxy) is 1. The molecule has 0 fully saturated rings. The minimum absolute atomic E-state index is 0.339. The smallest absolute Gasteiger partial charge is 0.273 e. The minimum Gasteiger partial charge on any atom is -0.473 e. The Hall–Kier alpha value is -0.680. The van der Waals surface area contributed by atoms with E-state index < -0.39 is 6.17 Å². The molecule has 1 unspecified atom stereocenters. The van der Waals surface area contributed by atoms with E-state index in [9.17, 15) is 4.39 Å². The molecule has 0 radical (unpaired) electrons. The predicted molar refractivity (Wildman–Crippen MR) is 46.2 cm³/mol. The number of aromatic nitrogens is 1. The minimum atomic E-state index is -1.00. The molecule has 1 rings (SSSR count). The van der Waals surface area contributed by atoms with Crippen molar-refractivity contribution in [1.82, 2.24) is 4.98 Å². The maximum Gasteiger partial charge on any atom is 0.273 e. The van der Waals surface area contributed by atoms with Crippen LogP contribution in [-0.2, 0) is 0 Å². The van der Waals surface area contributed by atoms with Gasteiger partial charge in [-0.25, -0.2) is 9.37 Å². The Bertz CT molecular complexity index is 241. The van der Waals surface area contributed by atoms with Crippen LogP contribution >= 0.6 is 11.3 Å². The van der Waals surface area contributed by atoms with Crippen molar-refractivity contribution in [3.05, 3.63) is 11.1 Å². The van der Waals surface area contributed by atoms with E-state index in [1.807, 2.05) is 0 Å². The highest BCUT2D eigenvalue weighted by molar-refractivity contribution is 7.13. The maximum atomic E-state index is 13.1. The lowest BCUT2D eigenvalue weighted by Gasteiger charge is -2.00. The third-order valence-corrected chi connectivity index (χ3v) is 2.45. The summed E-state index contributed by atoms with van der Waals surface area (Å²) in [4.78, 5) is 4.43. The first-order chi connectivity index (χ1) is 5.77. The van der Waals surface area contributed by atoms with Crippen LogP contribution in [0.3, 0.4) is 0 Å². The van der Waals surface area contributed by atoms with Gasteiger partial charge in [0.15, 0.2) is 0 Å². The highest BCUT2D eigenvalue weighted by Gasteiger charge is 2.12. The molecule has 0 aliphatic carbocycles. The molecule has 3 nitrogen and oxygen atoms in total. The third-order valence-electron chi connectivity index (χ3n) is 1.41.